The molecule has 3 aromatic rings. The number of ether oxygens (including phenoxy) is 1. The van der Waals surface area contributed by atoms with Crippen molar-refractivity contribution in [3.8, 4) is 22.7 Å². The van der Waals surface area contributed by atoms with Gasteiger partial charge in [-0.25, -0.2) is 14.6 Å². The molecular formula is C20H22N4O. The summed E-state index contributed by atoms with van der Waals surface area (Å²) in [6.07, 6.45) is 13.6. The molecular weight excluding hydrogens is 312 g/mol. The Morgan fingerprint density at radius 2 is 1.88 bits per heavy atom. The Morgan fingerprint density at radius 1 is 1.04 bits per heavy atom. The summed E-state index contributed by atoms with van der Waals surface area (Å²) in [5, 5.41) is 4.45. The quantitative estimate of drug-likeness (QED) is 0.698. The van der Waals surface area contributed by atoms with Crippen LogP contribution in [0, 0.1) is 5.92 Å². The van der Waals surface area contributed by atoms with Gasteiger partial charge in [-0.1, -0.05) is 37.5 Å². The van der Waals surface area contributed by atoms with Crippen LogP contribution in [-0.4, -0.2) is 26.4 Å². The lowest BCUT2D eigenvalue weighted by molar-refractivity contribution is 0.208. The first-order valence-corrected chi connectivity index (χ1v) is 8.93. The maximum Gasteiger partial charge on any atom is 0.163 e. The number of benzene rings is 1. The predicted octanol–water partition coefficient (Wildman–Crippen LogP) is 4.29. The molecule has 5 nitrogen and oxygen atoms in total. The van der Waals surface area contributed by atoms with E-state index in [0.717, 1.165) is 29.3 Å². The van der Waals surface area contributed by atoms with Gasteiger partial charge in [0.1, 0.15) is 12.0 Å². The molecule has 1 aliphatic carbocycles. The fourth-order valence-corrected chi connectivity index (χ4v) is 3.37. The highest BCUT2D eigenvalue weighted by molar-refractivity contribution is 5.64. The van der Waals surface area contributed by atoms with Gasteiger partial charge in [0.05, 0.1) is 24.7 Å². The van der Waals surface area contributed by atoms with Gasteiger partial charge in [0.15, 0.2) is 5.75 Å². The molecule has 0 unspecified atom stereocenters. The zero-order chi connectivity index (χ0) is 16.9. The zero-order valence-electron chi connectivity index (χ0n) is 14.2. The molecule has 0 radical (unpaired) electrons. The SMILES string of the molecule is c1ccc(-n2cc(-c3ncncc3OCC3CCCCC3)cn2)cc1. The summed E-state index contributed by atoms with van der Waals surface area (Å²) in [6, 6.07) is 10.0. The number of nitrogens with zero attached hydrogens (tertiary/aromatic N) is 4. The average Bonchev–Trinajstić information content (AvgIpc) is 3.18. The average molecular weight is 334 g/mol. The molecule has 1 aliphatic rings. The number of aromatic nitrogens is 4. The molecule has 1 fully saturated rings. The molecule has 2 heterocycles. The van der Waals surface area contributed by atoms with E-state index in [1.807, 2.05) is 47.4 Å². The highest BCUT2D eigenvalue weighted by Crippen LogP contribution is 2.29. The molecule has 5 heteroatoms. The summed E-state index contributed by atoms with van der Waals surface area (Å²) in [6.45, 7) is 0.743. The summed E-state index contributed by atoms with van der Waals surface area (Å²) in [4.78, 5) is 8.57. The van der Waals surface area contributed by atoms with E-state index in [1.165, 1.54) is 32.1 Å². The van der Waals surface area contributed by atoms with Crippen molar-refractivity contribution in [1.29, 1.82) is 0 Å². The maximum absolute atomic E-state index is 6.08. The Kier molecular flexibility index (Phi) is 4.72. The van der Waals surface area contributed by atoms with Gasteiger partial charge in [-0.2, -0.15) is 5.10 Å². The molecule has 0 spiro atoms. The molecule has 1 aromatic carbocycles. The van der Waals surface area contributed by atoms with Crippen LogP contribution in [-0.2, 0) is 0 Å². The first kappa shape index (κ1) is 15.8. The standard InChI is InChI=1S/C20H22N4O/c1-3-7-16(8-4-1)14-25-19-12-21-15-22-20(19)17-11-23-24(13-17)18-9-5-2-6-10-18/h2,5-6,9-13,15-16H,1,3-4,7-8,14H2. The van der Waals surface area contributed by atoms with Gasteiger partial charge in [-0.3, -0.25) is 0 Å². The second-order valence-electron chi connectivity index (χ2n) is 6.56. The minimum Gasteiger partial charge on any atom is -0.489 e. The molecule has 0 saturated heterocycles. The zero-order valence-corrected chi connectivity index (χ0v) is 14.2. The van der Waals surface area contributed by atoms with Crippen LogP contribution in [0.1, 0.15) is 32.1 Å². The van der Waals surface area contributed by atoms with Crippen molar-refractivity contribution in [2.24, 2.45) is 5.92 Å². The fourth-order valence-electron chi connectivity index (χ4n) is 3.37. The van der Waals surface area contributed by atoms with E-state index in [0.29, 0.717) is 5.92 Å². The van der Waals surface area contributed by atoms with Crippen LogP contribution in [0.15, 0.2) is 55.2 Å². The second-order valence-corrected chi connectivity index (χ2v) is 6.56. The Morgan fingerprint density at radius 3 is 2.72 bits per heavy atom. The smallest absolute Gasteiger partial charge is 0.163 e. The molecule has 2 aromatic heterocycles. The molecule has 0 atom stereocenters. The van der Waals surface area contributed by atoms with Gasteiger partial charge in [-0.15, -0.1) is 0 Å². The lowest BCUT2D eigenvalue weighted by atomic mass is 9.90. The Labute approximate surface area is 147 Å². The van der Waals surface area contributed by atoms with Crippen LogP contribution in [0.3, 0.4) is 0 Å². The highest BCUT2D eigenvalue weighted by Gasteiger charge is 2.16. The molecule has 0 N–H and O–H groups in total. The molecule has 128 valence electrons. The lowest BCUT2D eigenvalue weighted by Gasteiger charge is -2.21. The summed E-state index contributed by atoms with van der Waals surface area (Å²) in [5.41, 5.74) is 2.75. The first-order valence-electron chi connectivity index (χ1n) is 8.93. The van der Waals surface area contributed by atoms with Crippen molar-refractivity contribution in [3.63, 3.8) is 0 Å². The van der Waals surface area contributed by atoms with Crippen molar-refractivity contribution in [2.75, 3.05) is 6.61 Å². The molecule has 0 amide bonds. The summed E-state index contributed by atoms with van der Waals surface area (Å²) < 4.78 is 7.93. The van der Waals surface area contributed by atoms with E-state index < -0.39 is 0 Å². The van der Waals surface area contributed by atoms with Crippen LogP contribution in [0.4, 0.5) is 0 Å². The predicted molar refractivity (Wildman–Crippen MR) is 96.7 cm³/mol. The van der Waals surface area contributed by atoms with Gasteiger partial charge < -0.3 is 4.74 Å². The first-order chi connectivity index (χ1) is 12.4. The fraction of sp³-hybridized carbons (Fsp3) is 0.350. The topological polar surface area (TPSA) is 52.8 Å². The van der Waals surface area contributed by atoms with E-state index in [1.54, 1.807) is 12.5 Å². The van der Waals surface area contributed by atoms with Crippen LogP contribution in [0.25, 0.3) is 16.9 Å². The van der Waals surface area contributed by atoms with Crippen molar-refractivity contribution < 1.29 is 4.74 Å². The summed E-state index contributed by atoms with van der Waals surface area (Å²) in [7, 11) is 0. The van der Waals surface area contributed by atoms with Crippen LogP contribution in [0.2, 0.25) is 0 Å². The minimum atomic E-state index is 0.647. The van der Waals surface area contributed by atoms with Gasteiger partial charge >= 0.3 is 0 Å². The second kappa shape index (κ2) is 7.47. The molecule has 0 aliphatic heterocycles. The van der Waals surface area contributed by atoms with E-state index in [4.69, 9.17) is 4.74 Å². The Bertz CT molecular complexity index is 809. The van der Waals surface area contributed by atoms with Crippen LogP contribution < -0.4 is 4.74 Å². The highest BCUT2D eigenvalue weighted by atomic mass is 16.5. The van der Waals surface area contributed by atoms with Crippen molar-refractivity contribution in [2.45, 2.75) is 32.1 Å². The number of para-hydroxylation sites is 1. The number of rotatable bonds is 5. The summed E-state index contributed by atoms with van der Waals surface area (Å²) >= 11 is 0. The number of hydrogen-bond acceptors (Lipinski definition) is 4. The normalized spacial score (nSPS) is 15.2. The third-order valence-corrected chi connectivity index (χ3v) is 4.75. The van der Waals surface area contributed by atoms with Crippen LogP contribution >= 0.6 is 0 Å². The van der Waals surface area contributed by atoms with Gasteiger partial charge in [0.2, 0.25) is 0 Å². The van der Waals surface area contributed by atoms with Crippen molar-refractivity contribution >= 4 is 0 Å². The number of hydrogen-bond donors (Lipinski definition) is 0. The summed E-state index contributed by atoms with van der Waals surface area (Å²) in [5.74, 6) is 1.38. The van der Waals surface area contributed by atoms with E-state index in [9.17, 15) is 0 Å². The Balaban J connectivity index is 1.53. The van der Waals surface area contributed by atoms with E-state index >= 15 is 0 Å². The van der Waals surface area contributed by atoms with Gasteiger partial charge in [0.25, 0.3) is 0 Å². The van der Waals surface area contributed by atoms with E-state index in [2.05, 4.69) is 15.1 Å². The lowest BCUT2D eigenvalue weighted by Crippen LogP contribution is -2.15. The molecule has 25 heavy (non-hydrogen) atoms. The third kappa shape index (κ3) is 3.71. The molecule has 1 saturated carbocycles. The molecule has 0 bridgehead atoms. The maximum atomic E-state index is 6.08. The van der Waals surface area contributed by atoms with Crippen molar-refractivity contribution in [1.82, 2.24) is 19.7 Å². The molecule has 4 rings (SSSR count). The van der Waals surface area contributed by atoms with Gasteiger partial charge in [-0.05, 0) is 30.9 Å². The minimum absolute atomic E-state index is 0.647. The van der Waals surface area contributed by atoms with Gasteiger partial charge in [0, 0.05) is 11.8 Å². The third-order valence-electron chi connectivity index (χ3n) is 4.75. The largest absolute Gasteiger partial charge is 0.489 e. The van der Waals surface area contributed by atoms with Crippen molar-refractivity contribution in [3.05, 3.63) is 55.2 Å². The van der Waals surface area contributed by atoms with Crippen LogP contribution in [0.5, 0.6) is 5.75 Å². The van der Waals surface area contributed by atoms with E-state index in [-0.39, 0.29) is 0 Å². The monoisotopic (exact) mass is 334 g/mol. The Hall–Kier alpha value is -2.69.